The van der Waals surface area contributed by atoms with Crippen LogP contribution >= 0.6 is 15.9 Å². The van der Waals surface area contributed by atoms with Crippen LogP contribution in [0.5, 0.6) is 11.5 Å². The summed E-state index contributed by atoms with van der Waals surface area (Å²) >= 11 is 3.44. The van der Waals surface area contributed by atoms with E-state index in [4.69, 9.17) is 14.6 Å². The van der Waals surface area contributed by atoms with Gasteiger partial charge in [-0.2, -0.15) is 5.10 Å². The lowest BCUT2D eigenvalue weighted by molar-refractivity contribution is 0.0698. The van der Waals surface area contributed by atoms with Gasteiger partial charge in [0.25, 0.3) is 0 Å². The fourth-order valence-electron chi connectivity index (χ4n) is 2.04. The zero-order valence-corrected chi connectivity index (χ0v) is 14.8. The van der Waals surface area contributed by atoms with Crippen LogP contribution in [0.15, 0.2) is 46.0 Å². The molecule has 6 nitrogen and oxygen atoms in total. The Morgan fingerprint density at radius 1 is 1.38 bits per heavy atom. The molecule has 2 aromatic rings. The van der Waals surface area contributed by atoms with Crippen LogP contribution in [-0.2, 0) is 0 Å². The monoisotopic (exact) mass is 392 g/mol. The van der Waals surface area contributed by atoms with Crippen molar-refractivity contribution in [1.82, 2.24) is 0 Å². The lowest BCUT2D eigenvalue weighted by atomic mass is 10.2. The molecule has 0 aliphatic heterocycles. The van der Waals surface area contributed by atoms with Crippen molar-refractivity contribution >= 4 is 33.8 Å². The second-order valence-electron chi connectivity index (χ2n) is 4.69. The van der Waals surface area contributed by atoms with Gasteiger partial charge in [-0.1, -0.05) is 12.1 Å². The van der Waals surface area contributed by atoms with Gasteiger partial charge in [-0.3, -0.25) is 5.43 Å². The SMILES string of the molecule is CCOc1c(Br)cc(C=NNc2ccccc2C(=O)O)cc1OC. The second kappa shape index (κ2) is 8.35. The van der Waals surface area contributed by atoms with E-state index in [2.05, 4.69) is 26.5 Å². The summed E-state index contributed by atoms with van der Waals surface area (Å²) in [5.74, 6) is 0.193. The fraction of sp³-hybridized carbons (Fsp3) is 0.176. The molecule has 0 spiro atoms. The van der Waals surface area contributed by atoms with Crippen molar-refractivity contribution in [1.29, 1.82) is 0 Å². The average Bonchev–Trinajstić information content (AvgIpc) is 2.57. The molecule has 24 heavy (non-hydrogen) atoms. The molecule has 0 amide bonds. The summed E-state index contributed by atoms with van der Waals surface area (Å²) in [6, 6.07) is 10.2. The number of carboxylic acid groups (broad SMARTS) is 1. The van der Waals surface area contributed by atoms with Crippen molar-refractivity contribution in [3.05, 3.63) is 52.0 Å². The molecule has 2 N–H and O–H groups in total. The molecule has 0 saturated heterocycles. The maximum Gasteiger partial charge on any atom is 0.337 e. The molecule has 0 aromatic heterocycles. The lowest BCUT2D eigenvalue weighted by Gasteiger charge is -2.12. The van der Waals surface area contributed by atoms with E-state index >= 15 is 0 Å². The molecular weight excluding hydrogens is 376 g/mol. The van der Waals surface area contributed by atoms with Gasteiger partial charge in [0.15, 0.2) is 11.5 Å². The first-order valence-electron chi connectivity index (χ1n) is 7.18. The molecule has 7 heteroatoms. The zero-order chi connectivity index (χ0) is 17.5. The number of nitrogens with zero attached hydrogens (tertiary/aromatic N) is 1. The Bertz CT molecular complexity index is 762. The van der Waals surface area contributed by atoms with E-state index in [1.54, 1.807) is 37.6 Å². The highest BCUT2D eigenvalue weighted by Crippen LogP contribution is 2.36. The number of carbonyl (C=O) groups is 1. The summed E-state index contributed by atoms with van der Waals surface area (Å²) in [6.45, 7) is 2.42. The van der Waals surface area contributed by atoms with E-state index in [1.165, 1.54) is 6.07 Å². The van der Waals surface area contributed by atoms with Crippen molar-refractivity contribution in [2.45, 2.75) is 6.92 Å². The van der Waals surface area contributed by atoms with Crippen LogP contribution in [0.1, 0.15) is 22.8 Å². The number of rotatable bonds is 7. The number of carboxylic acids is 1. The Hall–Kier alpha value is -2.54. The number of hydrazone groups is 1. The number of para-hydroxylation sites is 1. The number of methoxy groups -OCH3 is 1. The number of hydrogen-bond acceptors (Lipinski definition) is 5. The van der Waals surface area contributed by atoms with Gasteiger partial charge in [-0.05, 0) is 52.7 Å². The number of hydrogen-bond donors (Lipinski definition) is 2. The highest BCUT2D eigenvalue weighted by Gasteiger charge is 2.11. The van der Waals surface area contributed by atoms with Gasteiger partial charge in [-0.25, -0.2) is 4.79 Å². The second-order valence-corrected chi connectivity index (χ2v) is 5.54. The maximum absolute atomic E-state index is 11.2. The number of anilines is 1. The first kappa shape index (κ1) is 17.8. The van der Waals surface area contributed by atoms with Crippen molar-refractivity contribution < 1.29 is 19.4 Å². The van der Waals surface area contributed by atoms with Crippen molar-refractivity contribution in [2.24, 2.45) is 5.10 Å². The van der Waals surface area contributed by atoms with E-state index in [0.717, 1.165) is 10.0 Å². The van der Waals surface area contributed by atoms with E-state index in [1.807, 2.05) is 13.0 Å². The van der Waals surface area contributed by atoms with Gasteiger partial charge in [0.2, 0.25) is 0 Å². The molecular formula is C17H17BrN2O4. The van der Waals surface area contributed by atoms with Crippen LogP contribution in [0.4, 0.5) is 5.69 Å². The van der Waals surface area contributed by atoms with Gasteiger partial charge in [0, 0.05) is 0 Å². The highest BCUT2D eigenvalue weighted by molar-refractivity contribution is 9.10. The summed E-state index contributed by atoms with van der Waals surface area (Å²) in [4.78, 5) is 11.2. The third-order valence-corrected chi connectivity index (χ3v) is 3.69. The topological polar surface area (TPSA) is 80.2 Å². The van der Waals surface area contributed by atoms with Gasteiger partial charge in [0.05, 0.1) is 35.7 Å². The van der Waals surface area contributed by atoms with Crippen LogP contribution in [0.3, 0.4) is 0 Å². The van der Waals surface area contributed by atoms with E-state index in [-0.39, 0.29) is 5.56 Å². The summed E-state index contributed by atoms with van der Waals surface area (Å²) in [5.41, 5.74) is 4.08. The Kier molecular flexibility index (Phi) is 6.20. The first-order valence-corrected chi connectivity index (χ1v) is 7.97. The predicted molar refractivity (Wildman–Crippen MR) is 96.5 cm³/mol. The van der Waals surface area contributed by atoms with E-state index in [0.29, 0.717) is 23.8 Å². The summed E-state index contributed by atoms with van der Waals surface area (Å²) in [6.07, 6.45) is 1.57. The normalized spacial score (nSPS) is 10.6. The summed E-state index contributed by atoms with van der Waals surface area (Å²) < 4.78 is 11.6. The Morgan fingerprint density at radius 3 is 2.79 bits per heavy atom. The van der Waals surface area contributed by atoms with Crippen LogP contribution in [0.2, 0.25) is 0 Å². The molecule has 0 aliphatic rings. The maximum atomic E-state index is 11.2. The Balaban J connectivity index is 2.21. The molecule has 2 rings (SSSR count). The third-order valence-electron chi connectivity index (χ3n) is 3.10. The van der Waals surface area contributed by atoms with Crippen molar-refractivity contribution in [3.63, 3.8) is 0 Å². The number of benzene rings is 2. The van der Waals surface area contributed by atoms with Crippen LogP contribution in [0.25, 0.3) is 0 Å². The Labute approximate surface area is 148 Å². The summed E-state index contributed by atoms with van der Waals surface area (Å²) in [5, 5.41) is 13.2. The molecule has 0 atom stereocenters. The predicted octanol–water partition coefficient (Wildman–Crippen LogP) is 4.00. The molecule has 0 radical (unpaired) electrons. The van der Waals surface area contributed by atoms with Gasteiger partial charge < -0.3 is 14.6 Å². The van der Waals surface area contributed by atoms with Gasteiger partial charge in [0.1, 0.15) is 0 Å². The fourth-order valence-corrected chi connectivity index (χ4v) is 2.62. The van der Waals surface area contributed by atoms with Crippen LogP contribution in [-0.4, -0.2) is 31.0 Å². The van der Waals surface area contributed by atoms with Crippen LogP contribution in [0, 0.1) is 0 Å². The van der Waals surface area contributed by atoms with Crippen molar-refractivity contribution in [3.8, 4) is 11.5 Å². The quantitative estimate of drug-likeness (QED) is 0.549. The molecule has 126 valence electrons. The Morgan fingerprint density at radius 2 is 2.12 bits per heavy atom. The lowest BCUT2D eigenvalue weighted by Crippen LogP contribution is -2.02. The minimum atomic E-state index is -1.02. The molecule has 0 aliphatic carbocycles. The minimum absolute atomic E-state index is 0.153. The van der Waals surface area contributed by atoms with E-state index < -0.39 is 5.97 Å². The smallest absolute Gasteiger partial charge is 0.337 e. The number of halogens is 1. The van der Waals surface area contributed by atoms with Crippen LogP contribution < -0.4 is 14.9 Å². The molecule has 0 saturated carbocycles. The third kappa shape index (κ3) is 4.26. The molecule has 0 unspecified atom stereocenters. The molecule has 0 heterocycles. The first-order chi connectivity index (χ1) is 11.6. The van der Waals surface area contributed by atoms with Gasteiger partial charge >= 0.3 is 5.97 Å². The molecule has 0 bridgehead atoms. The van der Waals surface area contributed by atoms with Gasteiger partial charge in [-0.15, -0.1) is 0 Å². The van der Waals surface area contributed by atoms with E-state index in [9.17, 15) is 4.79 Å². The highest BCUT2D eigenvalue weighted by atomic mass is 79.9. The number of nitrogens with one attached hydrogen (secondary N) is 1. The molecule has 0 fully saturated rings. The van der Waals surface area contributed by atoms with Crippen molar-refractivity contribution in [2.75, 3.05) is 19.1 Å². The number of aromatic carboxylic acids is 1. The summed E-state index contributed by atoms with van der Waals surface area (Å²) in [7, 11) is 1.56. The minimum Gasteiger partial charge on any atom is -0.493 e. The zero-order valence-electron chi connectivity index (χ0n) is 13.2. The number of ether oxygens (including phenoxy) is 2. The largest absolute Gasteiger partial charge is 0.493 e. The standard InChI is InChI=1S/C17H17BrN2O4/c1-3-24-16-13(18)8-11(9-15(16)23-2)10-19-20-14-7-5-4-6-12(14)17(21)22/h4-10,20H,3H2,1-2H3,(H,21,22). The molecule has 2 aromatic carbocycles. The average molecular weight is 393 g/mol.